The van der Waals surface area contributed by atoms with E-state index < -0.39 is 0 Å². The van der Waals surface area contributed by atoms with Crippen molar-refractivity contribution in [1.82, 2.24) is 4.90 Å². The maximum Gasteiger partial charge on any atom is 0.0959 e. The molecule has 0 amide bonds. The molecule has 0 saturated heterocycles. The van der Waals surface area contributed by atoms with Crippen LogP contribution in [0.4, 0.5) is 0 Å². The first-order valence-corrected chi connectivity index (χ1v) is 2.91. The summed E-state index contributed by atoms with van der Waals surface area (Å²) in [5.41, 5.74) is 0. The Balaban J connectivity index is 2.27. The van der Waals surface area contributed by atoms with Gasteiger partial charge in [-0.1, -0.05) is 12.2 Å². The highest BCUT2D eigenvalue weighted by atomic mass is 16.3. The molecule has 0 aromatic carbocycles. The molecule has 1 rings (SSSR count). The minimum atomic E-state index is 0.199. The van der Waals surface area contributed by atoms with Gasteiger partial charge in [-0.15, -0.1) is 0 Å². The van der Waals surface area contributed by atoms with Gasteiger partial charge >= 0.3 is 0 Å². The monoisotopic (exact) mass is 113 g/mol. The van der Waals surface area contributed by atoms with Gasteiger partial charge in [0.1, 0.15) is 0 Å². The van der Waals surface area contributed by atoms with Crippen LogP contribution in [0.5, 0.6) is 0 Å². The molecule has 2 heteroatoms. The molecule has 0 unspecified atom stereocenters. The standard InChI is InChI=1S/C6H11NO/c8-6-7-4-2-1-3-5-7/h1-2,8H,3-6H2. The minimum Gasteiger partial charge on any atom is -0.381 e. The van der Waals surface area contributed by atoms with Crippen LogP contribution in [-0.4, -0.2) is 29.8 Å². The molecule has 1 aliphatic rings. The van der Waals surface area contributed by atoms with Crippen molar-refractivity contribution in [2.24, 2.45) is 0 Å². The van der Waals surface area contributed by atoms with Crippen LogP contribution in [0, 0.1) is 0 Å². The van der Waals surface area contributed by atoms with Gasteiger partial charge in [-0.05, 0) is 6.42 Å². The molecule has 0 aromatic heterocycles. The Labute approximate surface area is 49.4 Å². The lowest BCUT2D eigenvalue weighted by atomic mass is 10.3. The topological polar surface area (TPSA) is 23.5 Å². The van der Waals surface area contributed by atoms with E-state index >= 15 is 0 Å². The van der Waals surface area contributed by atoms with Crippen molar-refractivity contribution < 1.29 is 5.11 Å². The van der Waals surface area contributed by atoms with E-state index in [9.17, 15) is 0 Å². The average molecular weight is 113 g/mol. The number of aliphatic hydroxyl groups is 1. The zero-order chi connectivity index (χ0) is 5.82. The Hall–Kier alpha value is -0.340. The molecule has 46 valence electrons. The maximum atomic E-state index is 8.58. The summed E-state index contributed by atoms with van der Waals surface area (Å²) >= 11 is 0. The summed E-state index contributed by atoms with van der Waals surface area (Å²) < 4.78 is 0. The zero-order valence-electron chi connectivity index (χ0n) is 4.88. The normalized spacial score (nSPS) is 21.6. The maximum absolute atomic E-state index is 8.58. The number of rotatable bonds is 1. The summed E-state index contributed by atoms with van der Waals surface area (Å²) in [5.74, 6) is 0. The predicted octanol–water partition coefficient (Wildman–Crippen LogP) is 0.198. The van der Waals surface area contributed by atoms with Gasteiger partial charge in [-0.2, -0.15) is 0 Å². The van der Waals surface area contributed by atoms with Gasteiger partial charge in [0.25, 0.3) is 0 Å². The van der Waals surface area contributed by atoms with Crippen molar-refractivity contribution in [3.05, 3.63) is 12.2 Å². The summed E-state index contributed by atoms with van der Waals surface area (Å²) in [6.45, 7) is 2.12. The van der Waals surface area contributed by atoms with Crippen LogP contribution in [0.2, 0.25) is 0 Å². The summed E-state index contributed by atoms with van der Waals surface area (Å²) in [6, 6.07) is 0. The van der Waals surface area contributed by atoms with Crippen LogP contribution in [0.1, 0.15) is 6.42 Å². The lowest BCUT2D eigenvalue weighted by Crippen LogP contribution is -2.27. The highest BCUT2D eigenvalue weighted by Gasteiger charge is 2.01. The summed E-state index contributed by atoms with van der Waals surface area (Å²) in [7, 11) is 0. The van der Waals surface area contributed by atoms with Gasteiger partial charge in [0.05, 0.1) is 6.73 Å². The van der Waals surface area contributed by atoms with Gasteiger partial charge in [0, 0.05) is 13.1 Å². The van der Waals surface area contributed by atoms with Crippen molar-refractivity contribution in [3.63, 3.8) is 0 Å². The molecule has 0 atom stereocenters. The van der Waals surface area contributed by atoms with E-state index in [2.05, 4.69) is 12.2 Å². The number of nitrogens with zero attached hydrogens (tertiary/aromatic N) is 1. The zero-order valence-corrected chi connectivity index (χ0v) is 4.88. The van der Waals surface area contributed by atoms with Crippen molar-refractivity contribution in [3.8, 4) is 0 Å². The first-order valence-electron chi connectivity index (χ1n) is 2.91. The smallest absolute Gasteiger partial charge is 0.0959 e. The van der Waals surface area contributed by atoms with E-state index in [-0.39, 0.29) is 6.73 Å². The van der Waals surface area contributed by atoms with Crippen LogP contribution in [0.15, 0.2) is 12.2 Å². The van der Waals surface area contributed by atoms with Crippen LogP contribution in [0.3, 0.4) is 0 Å². The molecular formula is C6H11NO. The van der Waals surface area contributed by atoms with Crippen molar-refractivity contribution in [2.45, 2.75) is 6.42 Å². The SMILES string of the molecule is OCN1CC=CCC1. The Bertz CT molecular complexity index is 90.5. The van der Waals surface area contributed by atoms with E-state index in [0.717, 1.165) is 19.5 Å². The molecule has 8 heavy (non-hydrogen) atoms. The molecule has 1 N–H and O–H groups in total. The number of hydrogen-bond acceptors (Lipinski definition) is 2. The molecule has 0 fully saturated rings. The number of aliphatic hydroxyl groups excluding tert-OH is 1. The summed E-state index contributed by atoms with van der Waals surface area (Å²) in [6.07, 6.45) is 5.31. The average Bonchev–Trinajstić information content (AvgIpc) is 1.90. The highest BCUT2D eigenvalue weighted by molar-refractivity contribution is 4.89. The Kier molecular flexibility index (Phi) is 2.06. The van der Waals surface area contributed by atoms with Crippen LogP contribution >= 0.6 is 0 Å². The van der Waals surface area contributed by atoms with Crippen molar-refractivity contribution in [1.29, 1.82) is 0 Å². The van der Waals surface area contributed by atoms with Crippen LogP contribution in [-0.2, 0) is 0 Å². The van der Waals surface area contributed by atoms with E-state index in [4.69, 9.17) is 5.11 Å². The highest BCUT2D eigenvalue weighted by Crippen LogP contribution is 1.97. The quantitative estimate of drug-likeness (QED) is 0.491. The van der Waals surface area contributed by atoms with Gasteiger partial charge in [0.15, 0.2) is 0 Å². The molecule has 0 bridgehead atoms. The van der Waals surface area contributed by atoms with Gasteiger partial charge in [-0.25, -0.2) is 0 Å². The van der Waals surface area contributed by atoms with Gasteiger partial charge in [-0.3, -0.25) is 4.90 Å². The minimum absolute atomic E-state index is 0.199. The first-order chi connectivity index (χ1) is 3.93. The molecule has 0 radical (unpaired) electrons. The molecule has 1 heterocycles. The third kappa shape index (κ3) is 1.32. The van der Waals surface area contributed by atoms with Crippen LogP contribution < -0.4 is 0 Å². The van der Waals surface area contributed by atoms with E-state index in [1.165, 1.54) is 0 Å². The fourth-order valence-corrected chi connectivity index (χ4v) is 0.818. The third-order valence-electron chi connectivity index (χ3n) is 1.34. The first kappa shape index (κ1) is 5.79. The van der Waals surface area contributed by atoms with E-state index in [0.29, 0.717) is 0 Å². The van der Waals surface area contributed by atoms with Crippen LogP contribution in [0.25, 0.3) is 0 Å². The fourth-order valence-electron chi connectivity index (χ4n) is 0.818. The largest absolute Gasteiger partial charge is 0.381 e. The van der Waals surface area contributed by atoms with E-state index in [1.807, 2.05) is 4.90 Å². The molecule has 2 nitrogen and oxygen atoms in total. The van der Waals surface area contributed by atoms with Crippen molar-refractivity contribution >= 4 is 0 Å². The Morgan fingerprint density at radius 2 is 2.38 bits per heavy atom. The van der Waals surface area contributed by atoms with E-state index in [1.54, 1.807) is 0 Å². The molecule has 0 saturated carbocycles. The second kappa shape index (κ2) is 2.84. The molecular weight excluding hydrogens is 102 g/mol. The second-order valence-electron chi connectivity index (χ2n) is 1.98. The third-order valence-corrected chi connectivity index (χ3v) is 1.34. The molecule has 0 spiro atoms. The summed E-state index contributed by atoms with van der Waals surface area (Å²) in [4.78, 5) is 1.99. The van der Waals surface area contributed by atoms with Crippen molar-refractivity contribution in [2.75, 3.05) is 19.8 Å². The lowest BCUT2D eigenvalue weighted by molar-refractivity contribution is 0.117. The Morgan fingerprint density at radius 3 is 2.75 bits per heavy atom. The predicted molar refractivity (Wildman–Crippen MR) is 32.4 cm³/mol. The fraction of sp³-hybridized carbons (Fsp3) is 0.667. The second-order valence-corrected chi connectivity index (χ2v) is 1.98. The lowest BCUT2D eigenvalue weighted by Gasteiger charge is -2.19. The number of hydrogen-bond donors (Lipinski definition) is 1. The van der Waals surface area contributed by atoms with Gasteiger partial charge in [0.2, 0.25) is 0 Å². The molecule has 0 aliphatic carbocycles. The van der Waals surface area contributed by atoms with Gasteiger partial charge < -0.3 is 5.11 Å². The molecule has 1 aliphatic heterocycles. The summed E-state index contributed by atoms with van der Waals surface area (Å²) in [5, 5.41) is 8.58. The Morgan fingerprint density at radius 1 is 1.50 bits per heavy atom. The molecule has 0 aromatic rings.